The Bertz CT molecular complexity index is 3210. The molecule has 3 aliphatic carbocycles. The van der Waals surface area contributed by atoms with Gasteiger partial charge in [0.15, 0.2) is 5.58 Å². The Kier molecular flexibility index (Phi) is 7.74. The molecule has 0 bridgehead atoms. The molecule has 0 unspecified atom stereocenters. The topological polar surface area (TPSA) is 16.4 Å². The predicted octanol–water partition coefficient (Wildman–Crippen LogP) is 16.5. The fourth-order valence-corrected chi connectivity index (χ4v) is 11.5. The van der Waals surface area contributed by atoms with Gasteiger partial charge in [0.1, 0.15) is 5.58 Å². The fourth-order valence-electron chi connectivity index (χ4n) is 11.5. The summed E-state index contributed by atoms with van der Waals surface area (Å²) in [6.07, 6.45) is 6.35. The smallest absolute Gasteiger partial charge is 0.159 e. The summed E-state index contributed by atoms with van der Waals surface area (Å²) in [5.41, 5.74) is 19.7. The van der Waals surface area contributed by atoms with Crippen molar-refractivity contribution in [2.45, 2.75) is 76.5 Å². The maximum atomic E-state index is 7.14. The molecule has 292 valence electrons. The van der Waals surface area contributed by atoms with Crippen LogP contribution in [0.15, 0.2) is 162 Å². The van der Waals surface area contributed by atoms with Crippen LogP contribution in [0.5, 0.6) is 0 Å². The van der Waals surface area contributed by atoms with E-state index in [4.69, 9.17) is 4.42 Å². The zero-order chi connectivity index (χ0) is 40.3. The van der Waals surface area contributed by atoms with E-state index >= 15 is 0 Å². The van der Waals surface area contributed by atoms with E-state index in [-0.39, 0.29) is 10.8 Å². The lowest BCUT2D eigenvalue weighted by Crippen LogP contribution is -2.16. The SMILES string of the molecule is CC1(C)c2ccccc2-c2cc(N(c3cc4ccccc4cc3-c3ccc4c(c3)C(C)(C)c3ccccc3-4)c3ccc(C4CCCCC4)c4c3oc3ccccc34)ccc21. The first kappa shape index (κ1) is 35.6. The summed E-state index contributed by atoms with van der Waals surface area (Å²) < 4.78 is 7.14. The van der Waals surface area contributed by atoms with Gasteiger partial charge in [-0.25, -0.2) is 0 Å². The summed E-state index contributed by atoms with van der Waals surface area (Å²) in [6.45, 7) is 9.49. The van der Waals surface area contributed by atoms with Crippen LogP contribution < -0.4 is 4.90 Å². The number of anilines is 3. The third kappa shape index (κ3) is 5.13. The van der Waals surface area contributed by atoms with Crippen LogP contribution in [0.1, 0.15) is 93.5 Å². The number of rotatable bonds is 5. The highest BCUT2D eigenvalue weighted by molar-refractivity contribution is 6.13. The van der Waals surface area contributed by atoms with Crippen molar-refractivity contribution in [1.82, 2.24) is 0 Å². The minimum Gasteiger partial charge on any atom is -0.454 e. The fraction of sp³-hybridized carbons (Fsp3) is 0.207. The van der Waals surface area contributed by atoms with E-state index in [9.17, 15) is 0 Å². The molecule has 0 radical (unpaired) electrons. The predicted molar refractivity (Wildman–Crippen MR) is 252 cm³/mol. The molecule has 12 rings (SSSR count). The third-order valence-electron chi connectivity index (χ3n) is 14.6. The van der Waals surface area contributed by atoms with Crippen molar-refractivity contribution < 1.29 is 4.42 Å². The lowest BCUT2D eigenvalue weighted by atomic mass is 9.81. The Labute approximate surface area is 353 Å². The van der Waals surface area contributed by atoms with Gasteiger partial charge < -0.3 is 9.32 Å². The molecule has 2 heteroatoms. The first-order valence-corrected chi connectivity index (χ1v) is 22.0. The molecule has 1 heterocycles. The van der Waals surface area contributed by atoms with Crippen LogP contribution in [0.2, 0.25) is 0 Å². The van der Waals surface area contributed by atoms with Crippen molar-refractivity contribution in [3.05, 3.63) is 186 Å². The van der Waals surface area contributed by atoms with Gasteiger partial charge in [0.2, 0.25) is 0 Å². The van der Waals surface area contributed by atoms with E-state index in [1.54, 1.807) is 0 Å². The highest BCUT2D eigenvalue weighted by Crippen LogP contribution is 2.55. The van der Waals surface area contributed by atoms with Crippen LogP contribution in [0.25, 0.3) is 66.1 Å². The van der Waals surface area contributed by atoms with E-state index in [1.165, 1.54) is 115 Å². The van der Waals surface area contributed by atoms with Crippen molar-refractivity contribution in [2.24, 2.45) is 0 Å². The highest BCUT2D eigenvalue weighted by atomic mass is 16.3. The maximum Gasteiger partial charge on any atom is 0.159 e. The van der Waals surface area contributed by atoms with Gasteiger partial charge >= 0.3 is 0 Å². The van der Waals surface area contributed by atoms with Crippen LogP contribution in [-0.4, -0.2) is 0 Å². The van der Waals surface area contributed by atoms with Gasteiger partial charge in [0.05, 0.1) is 11.4 Å². The zero-order valence-electron chi connectivity index (χ0n) is 35.0. The van der Waals surface area contributed by atoms with Gasteiger partial charge in [0.25, 0.3) is 0 Å². The number of hydrogen-bond acceptors (Lipinski definition) is 2. The molecule has 0 N–H and O–H groups in total. The van der Waals surface area contributed by atoms with Gasteiger partial charge in [-0.05, 0) is 128 Å². The Balaban J connectivity index is 1.16. The number of nitrogens with zero attached hydrogens (tertiary/aromatic N) is 1. The van der Waals surface area contributed by atoms with Crippen LogP contribution in [0, 0.1) is 0 Å². The molecular weight excluding hydrogens is 727 g/mol. The zero-order valence-corrected chi connectivity index (χ0v) is 35.0. The highest BCUT2D eigenvalue weighted by Gasteiger charge is 2.38. The number of furan rings is 1. The van der Waals surface area contributed by atoms with Gasteiger partial charge in [-0.3, -0.25) is 0 Å². The van der Waals surface area contributed by atoms with Crippen LogP contribution in [-0.2, 0) is 10.8 Å². The van der Waals surface area contributed by atoms with Crippen molar-refractivity contribution in [3.63, 3.8) is 0 Å². The molecular formula is C58H49NO. The van der Waals surface area contributed by atoms with Gasteiger partial charge in [-0.15, -0.1) is 0 Å². The minimum atomic E-state index is -0.117. The molecule has 0 atom stereocenters. The Morgan fingerprint density at radius 3 is 1.90 bits per heavy atom. The van der Waals surface area contributed by atoms with Crippen LogP contribution >= 0.6 is 0 Å². The minimum absolute atomic E-state index is 0.0914. The number of hydrogen-bond donors (Lipinski definition) is 0. The van der Waals surface area contributed by atoms with E-state index in [2.05, 4.69) is 190 Å². The monoisotopic (exact) mass is 775 g/mol. The van der Waals surface area contributed by atoms with E-state index in [1.807, 2.05) is 0 Å². The quantitative estimate of drug-likeness (QED) is 0.173. The summed E-state index contributed by atoms with van der Waals surface area (Å²) in [5, 5.41) is 4.92. The molecule has 0 aliphatic heterocycles. The molecule has 9 aromatic rings. The summed E-state index contributed by atoms with van der Waals surface area (Å²) in [4.78, 5) is 2.53. The maximum absolute atomic E-state index is 7.14. The second kappa shape index (κ2) is 13.1. The third-order valence-corrected chi connectivity index (χ3v) is 14.6. The molecule has 0 amide bonds. The summed E-state index contributed by atoms with van der Waals surface area (Å²) in [6, 6.07) is 59.5. The standard InChI is InChI=1S/C58H49NO/c1-57(2)49-24-14-11-21-43(49)47-35-40(27-30-50(47)57)59(52-31-29-41(36-16-6-5-7-17-36)55-45-22-12-15-25-54(45)60-56(52)55)53-34-38-19-9-8-18-37(38)32-46(53)39-26-28-44-42-20-10-13-23-48(42)58(3,4)51(44)33-39/h8-15,18-36H,5-7,16-17H2,1-4H3. The Hall–Kier alpha value is -6.38. The Morgan fingerprint density at radius 2 is 1.12 bits per heavy atom. The molecule has 0 saturated heterocycles. The average Bonchev–Trinajstić information content (AvgIpc) is 3.87. The molecule has 1 aromatic heterocycles. The number of fused-ring (bicyclic) bond motifs is 10. The first-order valence-electron chi connectivity index (χ1n) is 22.0. The largest absolute Gasteiger partial charge is 0.454 e. The van der Waals surface area contributed by atoms with Gasteiger partial charge in [0, 0.05) is 32.9 Å². The first-order chi connectivity index (χ1) is 29.3. The van der Waals surface area contributed by atoms with Crippen LogP contribution in [0.3, 0.4) is 0 Å². The molecule has 8 aromatic carbocycles. The van der Waals surface area contributed by atoms with Crippen molar-refractivity contribution in [3.8, 4) is 33.4 Å². The van der Waals surface area contributed by atoms with Crippen molar-refractivity contribution in [1.29, 1.82) is 0 Å². The lowest BCUT2D eigenvalue weighted by molar-refractivity contribution is 0.445. The molecule has 2 nitrogen and oxygen atoms in total. The average molecular weight is 776 g/mol. The number of para-hydroxylation sites is 1. The van der Waals surface area contributed by atoms with Gasteiger partial charge in [-0.1, -0.05) is 162 Å². The molecule has 1 saturated carbocycles. The van der Waals surface area contributed by atoms with Crippen molar-refractivity contribution >= 4 is 49.8 Å². The normalized spacial score (nSPS) is 16.2. The van der Waals surface area contributed by atoms with E-state index in [0.717, 1.165) is 28.2 Å². The summed E-state index contributed by atoms with van der Waals surface area (Å²) in [7, 11) is 0. The molecule has 3 aliphatic rings. The lowest BCUT2D eigenvalue weighted by Gasteiger charge is -2.31. The second-order valence-corrected chi connectivity index (χ2v) is 18.7. The van der Waals surface area contributed by atoms with Gasteiger partial charge in [-0.2, -0.15) is 0 Å². The Morgan fingerprint density at radius 1 is 0.483 bits per heavy atom. The van der Waals surface area contributed by atoms with Crippen LogP contribution in [0.4, 0.5) is 17.1 Å². The van der Waals surface area contributed by atoms with E-state index in [0.29, 0.717) is 5.92 Å². The van der Waals surface area contributed by atoms with Crippen molar-refractivity contribution in [2.75, 3.05) is 4.90 Å². The summed E-state index contributed by atoms with van der Waals surface area (Å²) in [5.74, 6) is 0.526. The molecule has 60 heavy (non-hydrogen) atoms. The second-order valence-electron chi connectivity index (χ2n) is 18.7. The number of benzene rings is 8. The van der Waals surface area contributed by atoms with E-state index < -0.39 is 0 Å². The molecule has 0 spiro atoms. The summed E-state index contributed by atoms with van der Waals surface area (Å²) >= 11 is 0. The molecule has 1 fully saturated rings.